The summed E-state index contributed by atoms with van der Waals surface area (Å²) in [4.78, 5) is 27.8. The molecule has 25 heavy (non-hydrogen) atoms. The van der Waals surface area contributed by atoms with Crippen LogP contribution >= 0.6 is 27.3 Å². The summed E-state index contributed by atoms with van der Waals surface area (Å²) in [5.74, 6) is -0.162. The number of urea groups is 1. The van der Waals surface area contributed by atoms with Crippen molar-refractivity contribution in [3.8, 4) is 0 Å². The fourth-order valence-corrected chi connectivity index (χ4v) is 3.73. The van der Waals surface area contributed by atoms with E-state index in [2.05, 4.69) is 36.9 Å². The van der Waals surface area contributed by atoms with Crippen molar-refractivity contribution >= 4 is 65.9 Å². The van der Waals surface area contributed by atoms with E-state index in [4.69, 9.17) is 0 Å². The minimum absolute atomic E-state index is 0.162. The molecule has 0 bridgehead atoms. The lowest BCUT2D eigenvalue weighted by atomic mass is 10.2. The van der Waals surface area contributed by atoms with Crippen LogP contribution in [-0.2, 0) is 4.79 Å². The highest BCUT2D eigenvalue weighted by Crippen LogP contribution is 2.31. The zero-order chi connectivity index (χ0) is 18.0. The number of nitrogens with zero attached hydrogens (tertiary/aromatic N) is 1. The van der Waals surface area contributed by atoms with E-state index in [0.717, 1.165) is 20.3 Å². The van der Waals surface area contributed by atoms with Crippen LogP contribution in [0.25, 0.3) is 10.2 Å². The molecule has 0 aliphatic carbocycles. The predicted molar refractivity (Wildman–Crippen MR) is 105 cm³/mol. The highest BCUT2D eigenvalue weighted by molar-refractivity contribution is 9.10. The van der Waals surface area contributed by atoms with Gasteiger partial charge in [-0.15, -0.1) is 0 Å². The van der Waals surface area contributed by atoms with E-state index >= 15 is 0 Å². The first kappa shape index (κ1) is 17.4. The van der Waals surface area contributed by atoms with E-state index in [1.54, 1.807) is 12.1 Å². The highest BCUT2D eigenvalue weighted by Gasteiger charge is 2.10. The largest absolute Gasteiger partial charge is 0.326 e. The van der Waals surface area contributed by atoms with Crippen molar-refractivity contribution in [2.75, 3.05) is 16.0 Å². The molecule has 0 unspecified atom stereocenters. The molecule has 0 spiro atoms. The van der Waals surface area contributed by atoms with Gasteiger partial charge in [-0.25, -0.2) is 9.78 Å². The van der Waals surface area contributed by atoms with Gasteiger partial charge in [0.25, 0.3) is 0 Å². The molecule has 8 heteroatoms. The Balaban J connectivity index is 1.73. The number of fused-ring (bicyclic) bond motifs is 1. The quantitative estimate of drug-likeness (QED) is 0.561. The van der Waals surface area contributed by atoms with Crippen LogP contribution in [0.1, 0.15) is 12.5 Å². The van der Waals surface area contributed by atoms with Gasteiger partial charge in [-0.3, -0.25) is 10.1 Å². The predicted octanol–water partition coefficient (Wildman–Crippen LogP) is 4.97. The van der Waals surface area contributed by atoms with Gasteiger partial charge in [-0.05, 0) is 52.7 Å². The molecule has 6 nitrogen and oxygen atoms in total. The van der Waals surface area contributed by atoms with Crippen LogP contribution in [0.3, 0.4) is 0 Å². The minimum atomic E-state index is -0.396. The van der Waals surface area contributed by atoms with Crippen molar-refractivity contribution in [2.45, 2.75) is 13.8 Å². The summed E-state index contributed by atoms with van der Waals surface area (Å²) >= 11 is 4.84. The van der Waals surface area contributed by atoms with Gasteiger partial charge in [0.1, 0.15) is 0 Å². The van der Waals surface area contributed by atoms with E-state index < -0.39 is 6.03 Å². The van der Waals surface area contributed by atoms with Crippen LogP contribution in [0, 0.1) is 6.92 Å². The van der Waals surface area contributed by atoms with E-state index in [0.29, 0.717) is 16.5 Å². The summed E-state index contributed by atoms with van der Waals surface area (Å²) in [6, 6.07) is 10.7. The van der Waals surface area contributed by atoms with Crippen molar-refractivity contribution < 1.29 is 9.59 Å². The first-order valence-corrected chi connectivity index (χ1v) is 9.04. The maximum Gasteiger partial charge on any atom is 0.325 e. The van der Waals surface area contributed by atoms with Gasteiger partial charge in [-0.1, -0.05) is 23.5 Å². The molecule has 128 valence electrons. The van der Waals surface area contributed by atoms with Crippen molar-refractivity contribution in [2.24, 2.45) is 0 Å². The topological polar surface area (TPSA) is 83.1 Å². The number of para-hydroxylation sites is 1. The Kier molecular flexibility index (Phi) is 5.00. The number of carbonyl (C=O) groups is 2. The van der Waals surface area contributed by atoms with Crippen LogP contribution in [0.4, 0.5) is 21.3 Å². The lowest BCUT2D eigenvalue weighted by Crippen LogP contribution is -2.19. The lowest BCUT2D eigenvalue weighted by Gasteiger charge is -2.10. The van der Waals surface area contributed by atoms with Crippen molar-refractivity contribution in [3.05, 3.63) is 46.4 Å². The van der Waals surface area contributed by atoms with Gasteiger partial charge < -0.3 is 10.6 Å². The number of nitrogens with one attached hydrogen (secondary N) is 3. The maximum atomic E-state index is 12.2. The average molecular weight is 419 g/mol. The third-order valence-corrected chi connectivity index (χ3v) is 4.97. The molecule has 3 rings (SSSR count). The highest BCUT2D eigenvalue weighted by atomic mass is 79.9. The summed E-state index contributed by atoms with van der Waals surface area (Å²) in [5, 5.41) is 8.72. The van der Waals surface area contributed by atoms with Crippen LogP contribution in [0.2, 0.25) is 0 Å². The third kappa shape index (κ3) is 4.15. The van der Waals surface area contributed by atoms with Crippen molar-refractivity contribution in [1.82, 2.24) is 4.98 Å². The minimum Gasteiger partial charge on any atom is -0.326 e. The zero-order valence-corrected chi connectivity index (χ0v) is 15.9. The number of anilines is 3. The van der Waals surface area contributed by atoms with Gasteiger partial charge in [0.15, 0.2) is 5.13 Å². The molecule has 0 aliphatic heterocycles. The monoisotopic (exact) mass is 418 g/mol. The molecule has 0 saturated carbocycles. The Morgan fingerprint density at radius 2 is 1.92 bits per heavy atom. The van der Waals surface area contributed by atoms with Crippen LogP contribution in [0.5, 0.6) is 0 Å². The second-order valence-corrected chi connectivity index (χ2v) is 7.28. The fourth-order valence-electron chi connectivity index (χ4n) is 2.25. The van der Waals surface area contributed by atoms with Crippen molar-refractivity contribution in [1.29, 1.82) is 0 Å². The van der Waals surface area contributed by atoms with Gasteiger partial charge in [0, 0.05) is 22.8 Å². The number of aromatic nitrogens is 1. The standard InChI is InChI=1S/C17H15BrN4O2S/c1-9-6-7-11(8-13(9)19-10(2)23)20-16(24)22-17-21-15-12(18)4-3-5-14(15)25-17/h3-8H,1-2H3,(H,19,23)(H2,20,21,22,24). The van der Waals surface area contributed by atoms with Gasteiger partial charge >= 0.3 is 6.03 Å². The summed E-state index contributed by atoms with van der Waals surface area (Å²) in [7, 11) is 0. The van der Waals surface area contributed by atoms with E-state index in [1.807, 2.05) is 31.2 Å². The first-order chi connectivity index (χ1) is 11.9. The lowest BCUT2D eigenvalue weighted by molar-refractivity contribution is -0.114. The maximum absolute atomic E-state index is 12.2. The molecular weight excluding hydrogens is 404 g/mol. The van der Waals surface area contributed by atoms with Crippen LogP contribution in [-0.4, -0.2) is 16.9 Å². The molecule has 1 heterocycles. The number of hydrogen-bond donors (Lipinski definition) is 3. The molecule has 0 aliphatic rings. The Morgan fingerprint density at radius 1 is 1.12 bits per heavy atom. The van der Waals surface area contributed by atoms with Crippen LogP contribution < -0.4 is 16.0 Å². The zero-order valence-electron chi connectivity index (χ0n) is 13.5. The Bertz CT molecular complexity index is 970. The summed E-state index contributed by atoms with van der Waals surface area (Å²) in [6.07, 6.45) is 0. The molecule has 0 radical (unpaired) electrons. The molecule has 0 atom stereocenters. The summed E-state index contributed by atoms with van der Waals surface area (Å²) < 4.78 is 1.86. The number of rotatable bonds is 3. The summed E-state index contributed by atoms with van der Waals surface area (Å²) in [5.41, 5.74) is 2.96. The van der Waals surface area contributed by atoms with Gasteiger partial charge in [0.05, 0.1) is 10.2 Å². The molecule has 2 aromatic carbocycles. The van der Waals surface area contributed by atoms with Gasteiger partial charge in [-0.2, -0.15) is 0 Å². The van der Waals surface area contributed by atoms with Crippen LogP contribution in [0.15, 0.2) is 40.9 Å². The number of carbonyl (C=O) groups excluding carboxylic acids is 2. The Hall–Kier alpha value is -2.45. The van der Waals surface area contributed by atoms with E-state index in [1.165, 1.54) is 18.3 Å². The molecule has 3 N–H and O–H groups in total. The Morgan fingerprint density at radius 3 is 2.64 bits per heavy atom. The second kappa shape index (κ2) is 7.20. The fraction of sp³-hybridized carbons (Fsp3) is 0.118. The van der Waals surface area contributed by atoms with E-state index in [-0.39, 0.29) is 5.91 Å². The number of hydrogen-bond acceptors (Lipinski definition) is 4. The first-order valence-electron chi connectivity index (χ1n) is 7.43. The third-order valence-electron chi connectivity index (χ3n) is 3.40. The number of benzene rings is 2. The number of aryl methyl sites for hydroxylation is 1. The number of amides is 3. The number of halogens is 1. The average Bonchev–Trinajstić information content (AvgIpc) is 2.94. The second-order valence-electron chi connectivity index (χ2n) is 5.40. The summed E-state index contributed by atoms with van der Waals surface area (Å²) in [6.45, 7) is 3.33. The smallest absolute Gasteiger partial charge is 0.325 e. The molecule has 3 aromatic rings. The SMILES string of the molecule is CC(=O)Nc1cc(NC(=O)Nc2nc3c(Br)cccc3s2)ccc1C. The number of thiazole rings is 1. The molecule has 3 amide bonds. The molecule has 1 aromatic heterocycles. The van der Waals surface area contributed by atoms with Gasteiger partial charge in [0.2, 0.25) is 5.91 Å². The normalized spacial score (nSPS) is 10.5. The molecule has 0 fully saturated rings. The van der Waals surface area contributed by atoms with E-state index in [9.17, 15) is 9.59 Å². The Labute approximate surface area is 156 Å². The molecular formula is C17H15BrN4O2S. The molecule has 0 saturated heterocycles. The van der Waals surface area contributed by atoms with Crippen molar-refractivity contribution in [3.63, 3.8) is 0 Å².